The summed E-state index contributed by atoms with van der Waals surface area (Å²) in [6, 6.07) is 0. The number of hydrogen-bond acceptors (Lipinski definition) is 1. The van der Waals surface area contributed by atoms with Crippen LogP contribution < -0.4 is 0 Å². The van der Waals surface area contributed by atoms with Gasteiger partial charge in [-0.15, -0.1) is 11.8 Å². The third kappa shape index (κ3) is 7.18. The molecule has 0 aliphatic carbocycles. The zero-order valence-electron chi connectivity index (χ0n) is 12.6. The van der Waals surface area contributed by atoms with Gasteiger partial charge < -0.3 is 0 Å². The van der Waals surface area contributed by atoms with Crippen molar-refractivity contribution < 1.29 is 0 Å². The van der Waals surface area contributed by atoms with E-state index in [-0.39, 0.29) is 0 Å². The molecule has 0 saturated carbocycles. The van der Waals surface area contributed by atoms with Gasteiger partial charge in [0.15, 0.2) is 0 Å². The summed E-state index contributed by atoms with van der Waals surface area (Å²) in [5.41, 5.74) is 1.68. The first-order chi connectivity index (χ1) is 8.25. The topological polar surface area (TPSA) is 0 Å². The lowest BCUT2D eigenvalue weighted by Crippen LogP contribution is -2.04. The fourth-order valence-electron chi connectivity index (χ4n) is 2.34. The number of unbranched alkanes of at least 4 members (excludes halogenated alkanes) is 3. The maximum atomic E-state index is 2.42. The molecule has 1 rings (SSSR count). The zero-order valence-corrected chi connectivity index (χ0v) is 13.5. The van der Waals surface area contributed by atoms with E-state index in [4.69, 9.17) is 0 Å². The summed E-state index contributed by atoms with van der Waals surface area (Å²) in [6.45, 7) is 11.0. The first kappa shape index (κ1) is 17.1. The average molecular weight is 256 g/mol. The van der Waals surface area contributed by atoms with Crippen LogP contribution in [0.5, 0.6) is 0 Å². The predicted octanol–water partition coefficient (Wildman–Crippen LogP) is 6.42. The molecular formula is C16H32S. The molecule has 1 atom stereocenters. The average Bonchev–Trinajstić information content (AvgIpc) is 2.37. The van der Waals surface area contributed by atoms with Crippen LogP contribution in [-0.2, 0) is 0 Å². The lowest BCUT2D eigenvalue weighted by molar-refractivity contribution is 0.551. The van der Waals surface area contributed by atoms with Gasteiger partial charge in [-0.25, -0.2) is 0 Å². The standard InChI is InChI=1S/C14H26S.C2H6/c1-4-5-6-7-9-12(2)14-13(3)10-8-11-15-14;1-2/h12H,4-11H2,1-3H3;1-2H3. The van der Waals surface area contributed by atoms with Gasteiger partial charge in [-0.1, -0.05) is 59.0 Å². The Balaban J connectivity index is 0.00000121. The lowest BCUT2D eigenvalue weighted by Gasteiger charge is -2.22. The Bertz CT molecular complexity index is 206. The van der Waals surface area contributed by atoms with E-state index in [2.05, 4.69) is 32.5 Å². The highest BCUT2D eigenvalue weighted by molar-refractivity contribution is 8.03. The first-order valence-electron chi connectivity index (χ1n) is 7.58. The largest absolute Gasteiger partial charge is 0.130 e. The Labute approximate surface area is 114 Å². The van der Waals surface area contributed by atoms with Gasteiger partial charge in [0.2, 0.25) is 0 Å². The summed E-state index contributed by atoms with van der Waals surface area (Å²) in [5.74, 6) is 2.18. The van der Waals surface area contributed by atoms with Gasteiger partial charge in [0.05, 0.1) is 0 Å². The van der Waals surface area contributed by atoms with Crippen LogP contribution in [0, 0.1) is 5.92 Å². The highest BCUT2D eigenvalue weighted by Crippen LogP contribution is 2.36. The van der Waals surface area contributed by atoms with Crippen molar-refractivity contribution in [2.75, 3.05) is 5.75 Å². The van der Waals surface area contributed by atoms with Crippen molar-refractivity contribution in [2.24, 2.45) is 5.92 Å². The highest BCUT2D eigenvalue weighted by atomic mass is 32.2. The fraction of sp³-hybridized carbons (Fsp3) is 0.875. The van der Waals surface area contributed by atoms with Gasteiger partial charge in [-0.2, -0.15) is 0 Å². The summed E-state index contributed by atoms with van der Waals surface area (Å²) < 4.78 is 0. The van der Waals surface area contributed by atoms with Crippen LogP contribution in [0.4, 0.5) is 0 Å². The number of thioether (sulfide) groups is 1. The molecule has 1 aliphatic rings. The van der Waals surface area contributed by atoms with Crippen molar-refractivity contribution in [3.8, 4) is 0 Å². The molecule has 102 valence electrons. The maximum Gasteiger partial charge on any atom is -0.00201 e. The number of hydrogen-bond donors (Lipinski definition) is 0. The third-order valence-corrected chi connectivity index (χ3v) is 4.87. The van der Waals surface area contributed by atoms with Gasteiger partial charge >= 0.3 is 0 Å². The lowest BCUT2D eigenvalue weighted by atomic mass is 9.98. The minimum atomic E-state index is 0.826. The van der Waals surface area contributed by atoms with Crippen LogP contribution >= 0.6 is 11.8 Å². The Kier molecular flexibility index (Phi) is 11.3. The van der Waals surface area contributed by atoms with Gasteiger partial charge in [-0.3, -0.25) is 0 Å². The summed E-state index contributed by atoms with van der Waals surface area (Å²) >= 11 is 2.12. The number of allylic oxidation sites excluding steroid dienone is 2. The van der Waals surface area contributed by atoms with E-state index in [0.717, 1.165) is 5.92 Å². The van der Waals surface area contributed by atoms with Crippen LogP contribution in [0.2, 0.25) is 0 Å². The van der Waals surface area contributed by atoms with E-state index in [0.29, 0.717) is 0 Å². The van der Waals surface area contributed by atoms with Crippen LogP contribution in [-0.4, -0.2) is 5.75 Å². The Hall–Kier alpha value is 0.0900. The van der Waals surface area contributed by atoms with Crippen molar-refractivity contribution in [3.63, 3.8) is 0 Å². The zero-order chi connectivity index (χ0) is 13.1. The molecule has 1 unspecified atom stereocenters. The minimum Gasteiger partial charge on any atom is -0.130 e. The molecule has 1 heterocycles. The molecular weight excluding hydrogens is 224 g/mol. The van der Waals surface area contributed by atoms with Gasteiger partial charge in [0, 0.05) is 0 Å². The maximum absolute atomic E-state index is 2.42. The molecule has 0 amide bonds. The minimum absolute atomic E-state index is 0.826. The Morgan fingerprint density at radius 1 is 1.18 bits per heavy atom. The summed E-state index contributed by atoms with van der Waals surface area (Å²) in [5, 5.41) is 0. The molecule has 0 aromatic heterocycles. The fourth-order valence-corrected chi connectivity index (χ4v) is 3.60. The summed E-state index contributed by atoms with van der Waals surface area (Å²) in [7, 11) is 0. The van der Waals surface area contributed by atoms with Gasteiger partial charge in [-0.05, 0) is 42.8 Å². The Morgan fingerprint density at radius 2 is 1.88 bits per heavy atom. The molecule has 0 fully saturated rings. The van der Waals surface area contributed by atoms with Crippen LogP contribution in [0.25, 0.3) is 0 Å². The normalized spacial score (nSPS) is 17.5. The summed E-state index contributed by atoms with van der Waals surface area (Å²) in [6.07, 6.45) is 9.76. The van der Waals surface area contributed by atoms with Crippen LogP contribution in [0.1, 0.15) is 79.6 Å². The quantitative estimate of drug-likeness (QED) is 0.494. The van der Waals surface area contributed by atoms with E-state index >= 15 is 0 Å². The second kappa shape index (κ2) is 11.2. The molecule has 17 heavy (non-hydrogen) atoms. The second-order valence-corrected chi connectivity index (χ2v) is 5.98. The van der Waals surface area contributed by atoms with Gasteiger partial charge in [0.1, 0.15) is 0 Å². The molecule has 0 aromatic rings. The van der Waals surface area contributed by atoms with Crippen molar-refractivity contribution in [1.29, 1.82) is 0 Å². The van der Waals surface area contributed by atoms with Gasteiger partial charge in [0.25, 0.3) is 0 Å². The highest BCUT2D eigenvalue weighted by Gasteiger charge is 2.15. The number of rotatable bonds is 6. The van der Waals surface area contributed by atoms with Crippen molar-refractivity contribution in [3.05, 3.63) is 10.5 Å². The molecule has 1 aliphatic heterocycles. The third-order valence-electron chi connectivity index (χ3n) is 3.31. The van der Waals surface area contributed by atoms with E-state index in [9.17, 15) is 0 Å². The first-order valence-corrected chi connectivity index (χ1v) is 8.56. The van der Waals surface area contributed by atoms with Crippen molar-refractivity contribution in [2.45, 2.75) is 79.6 Å². The van der Waals surface area contributed by atoms with E-state index in [1.54, 1.807) is 10.5 Å². The molecule has 0 spiro atoms. The molecule has 0 nitrogen and oxygen atoms in total. The van der Waals surface area contributed by atoms with Crippen LogP contribution in [0.3, 0.4) is 0 Å². The monoisotopic (exact) mass is 256 g/mol. The van der Waals surface area contributed by atoms with E-state index in [1.165, 1.54) is 50.7 Å². The summed E-state index contributed by atoms with van der Waals surface area (Å²) in [4.78, 5) is 1.72. The van der Waals surface area contributed by atoms with Crippen molar-refractivity contribution >= 4 is 11.8 Å². The Morgan fingerprint density at radius 3 is 2.47 bits per heavy atom. The van der Waals surface area contributed by atoms with E-state index in [1.807, 2.05) is 13.8 Å². The van der Waals surface area contributed by atoms with Crippen LogP contribution in [0.15, 0.2) is 10.5 Å². The second-order valence-electron chi connectivity index (χ2n) is 4.85. The molecule has 1 heteroatoms. The molecule has 0 saturated heterocycles. The molecule has 0 aromatic carbocycles. The molecule has 0 bridgehead atoms. The molecule has 0 radical (unpaired) electrons. The SMILES string of the molecule is CC.CCCCCCC(C)C1=C(C)CCCS1. The van der Waals surface area contributed by atoms with E-state index < -0.39 is 0 Å². The van der Waals surface area contributed by atoms with Crippen molar-refractivity contribution in [1.82, 2.24) is 0 Å². The molecule has 0 N–H and O–H groups in total. The smallest absolute Gasteiger partial charge is 0.00201 e. The predicted molar refractivity (Wildman–Crippen MR) is 83.7 cm³/mol.